The van der Waals surface area contributed by atoms with Gasteiger partial charge in [0.1, 0.15) is 0 Å². The van der Waals surface area contributed by atoms with Crippen molar-refractivity contribution in [1.82, 2.24) is 5.32 Å². The van der Waals surface area contributed by atoms with Gasteiger partial charge in [0.05, 0.1) is 20.3 Å². The zero-order chi connectivity index (χ0) is 16.7. The van der Waals surface area contributed by atoms with Crippen molar-refractivity contribution in [3.8, 4) is 11.5 Å². The lowest BCUT2D eigenvalue weighted by Gasteiger charge is -2.21. The minimum absolute atomic E-state index is 0.0959. The summed E-state index contributed by atoms with van der Waals surface area (Å²) in [5.41, 5.74) is 2.06. The van der Waals surface area contributed by atoms with Gasteiger partial charge in [-0.1, -0.05) is 31.2 Å². The summed E-state index contributed by atoms with van der Waals surface area (Å²) in [6, 6.07) is 15.9. The van der Waals surface area contributed by atoms with Gasteiger partial charge < -0.3 is 20.1 Å². The van der Waals surface area contributed by atoms with Crippen molar-refractivity contribution in [2.24, 2.45) is 0 Å². The average Bonchev–Trinajstić information content (AvgIpc) is 2.60. The Morgan fingerprint density at radius 2 is 1.74 bits per heavy atom. The van der Waals surface area contributed by atoms with Crippen LogP contribution in [0.4, 0.5) is 5.69 Å². The van der Waals surface area contributed by atoms with E-state index in [4.69, 9.17) is 21.7 Å². The largest absolute Gasteiger partial charge is 0.493 e. The molecule has 4 nitrogen and oxygen atoms in total. The number of anilines is 1. The number of hydrogen-bond acceptors (Lipinski definition) is 3. The van der Waals surface area contributed by atoms with Crippen molar-refractivity contribution in [1.29, 1.82) is 0 Å². The third-order valence-electron chi connectivity index (χ3n) is 3.56. The van der Waals surface area contributed by atoms with E-state index in [0.717, 1.165) is 23.4 Å². The van der Waals surface area contributed by atoms with E-state index in [0.29, 0.717) is 10.9 Å². The first-order chi connectivity index (χ1) is 11.2. The molecule has 0 radical (unpaired) electrons. The molecule has 122 valence electrons. The molecule has 0 aliphatic carbocycles. The van der Waals surface area contributed by atoms with E-state index in [2.05, 4.69) is 17.6 Å². The highest BCUT2D eigenvalue weighted by atomic mass is 32.1. The molecule has 2 N–H and O–H groups in total. The number of ether oxygens (including phenoxy) is 2. The van der Waals surface area contributed by atoms with E-state index in [9.17, 15) is 0 Å². The third-order valence-corrected chi connectivity index (χ3v) is 3.78. The first kappa shape index (κ1) is 17.1. The summed E-state index contributed by atoms with van der Waals surface area (Å²) in [6.07, 6.45) is 0.895. The van der Waals surface area contributed by atoms with Crippen molar-refractivity contribution in [2.45, 2.75) is 19.4 Å². The first-order valence-corrected chi connectivity index (χ1v) is 7.93. The van der Waals surface area contributed by atoms with Crippen molar-refractivity contribution in [3.63, 3.8) is 0 Å². The Bertz CT molecular complexity index is 647. The molecule has 0 saturated heterocycles. The van der Waals surface area contributed by atoms with E-state index in [-0.39, 0.29) is 6.04 Å². The summed E-state index contributed by atoms with van der Waals surface area (Å²) < 4.78 is 10.7. The molecule has 0 fully saturated rings. The Labute approximate surface area is 142 Å². The lowest BCUT2D eigenvalue weighted by atomic mass is 10.0. The monoisotopic (exact) mass is 330 g/mol. The van der Waals surface area contributed by atoms with Gasteiger partial charge in [-0.15, -0.1) is 0 Å². The minimum Gasteiger partial charge on any atom is -0.493 e. The van der Waals surface area contributed by atoms with Gasteiger partial charge in [0.25, 0.3) is 0 Å². The molecule has 23 heavy (non-hydrogen) atoms. The maximum atomic E-state index is 5.41. The summed E-state index contributed by atoms with van der Waals surface area (Å²) in [4.78, 5) is 0. The number of hydrogen-bond donors (Lipinski definition) is 2. The molecule has 2 rings (SSSR count). The van der Waals surface area contributed by atoms with E-state index >= 15 is 0 Å². The fourth-order valence-corrected chi connectivity index (χ4v) is 2.60. The zero-order valence-electron chi connectivity index (χ0n) is 13.6. The number of benzene rings is 2. The van der Waals surface area contributed by atoms with Gasteiger partial charge in [-0.2, -0.15) is 0 Å². The first-order valence-electron chi connectivity index (χ1n) is 7.52. The SMILES string of the molecule is CC[C@@H](NC(=S)Nc1ccccc1)c1ccc(OC)c(OC)c1. The molecule has 2 aromatic carbocycles. The predicted molar refractivity (Wildman–Crippen MR) is 98.4 cm³/mol. The molecule has 0 unspecified atom stereocenters. The van der Waals surface area contributed by atoms with Gasteiger partial charge in [-0.3, -0.25) is 0 Å². The summed E-state index contributed by atoms with van der Waals surface area (Å²) in [5.74, 6) is 1.43. The van der Waals surface area contributed by atoms with Crippen LogP contribution in [0.25, 0.3) is 0 Å². The highest BCUT2D eigenvalue weighted by Crippen LogP contribution is 2.30. The molecule has 1 atom stereocenters. The van der Waals surface area contributed by atoms with Crippen LogP contribution in [0.3, 0.4) is 0 Å². The van der Waals surface area contributed by atoms with E-state index < -0.39 is 0 Å². The van der Waals surface area contributed by atoms with Crippen LogP contribution in [0.15, 0.2) is 48.5 Å². The maximum absolute atomic E-state index is 5.41. The number of para-hydroxylation sites is 1. The zero-order valence-corrected chi connectivity index (χ0v) is 14.4. The second-order valence-corrected chi connectivity index (χ2v) is 5.45. The average molecular weight is 330 g/mol. The summed E-state index contributed by atoms with van der Waals surface area (Å²) in [7, 11) is 3.27. The minimum atomic E-state index is 0.0959. The third kappa shape index (κ3) is 4.60. The van der Waals surface area contributed by atoms with Gasteiger partial charge in [-0.25, -0.2) is 0 Å². The molecule has 0 amide bonds. The second kappa shape index (κ2) is 8.39. The molecule has 0 heterocycles. The molecule has 0 bridgehead atoms. The standard InChI is InChI=1S/C18H22N2O2S/c1-4-15(13-10-11-16(21-2)17(12-13)22-3)20-18(23)19-14-8-6-5-7-9-14/h5-12,15H,4H2,1-3H3,(H2,19,20,23)/t15-/m1/s1. The topological polar surface area (TPSA) is 42.5 Å². The molecule has 2 aromatic rings. The molecule has 0 spiro atoms. The smallest absolute Gasteiger partial charge is 0.171 e. The van der Waals surface area contributed by atoms with Crippen molar-refractivity contribution >= 4 is 23.0 Å². The number of methoxy groups -OCH3 is 2. The van der Waals surface area contributed by atoms with E-state index in [1.165, 1.54) is 0 Å². The number of thiocarbonyl (C=S) groups is 1. The van der Waals surface area contributed by atoms with Crippen molar-refractivity contribution in [2.75, 3.05) is 19.5 Å². The summed E-state index contributed by atoms with van der Waals surface area (Å²) in [6.45, 7) is 2.11. The molecule has 5 heteroatoms. The van der Waals surface area contributed by atoms with Crippen LogP contribution in [-0.4, -0.2) is 19.3 Å². The van der Waals surface area contributed by atoms with Crippen LogP contribution in [0, 0.1) is 0 Å². The van der Waals surface area contributed by atoms with Crippen LogP contribution >= 0.6 is 12.2 Å². The van der Waals surface area contributed by atoms with Gasteiger partial charge in [0.15, 0.2) is 16.6 Å². The molecule has 0 aliphatic rings. The van der Waals surface area contributed by atoms with Crippen molar-refractivity contribution in [3.05, 3.63) is 54.1 Å². The maximum Gasteiger partial charge on any atom is 0.171 e. The van der Waals surface area contributed by atoms with Crippen LogP contribution in [0.5, 0.6) is 11.5 Å². The van der Waals surface area contributed by atoms with Crippen LogP contribution < -0.4 is 20.1 Å². The van der Waals surface area contributed by atoms with E-state index in [1.807, 2.05) is 48.5 Å². The highest BCUT2D eigenvalue weighted by molar-refractivity contribution is 7.80. The Hall–Kier alpha value is -2.27. The molecule has 0 aromatic heterocycles. The Morgan fingerprint density at radius 1 is 1.04 bits per heavy atom. The van der Waals surface area contributed by atoms with Gasteiger partial charge in [0, 0.05) is 5.69 Å². The fraction of sp³-hybridized carbons (Fsp3) is 0.278. The quantitative estimate of drug-likeness (QED) is 0.779. The molecule has 0 aliphatic heterocycles. The van der Waals surface area contributed by atoms with Gasteiger partial charge in [0.2, 0.25) is 0 Å². The summed E-state index contributed by atoms with van der Waals surface area (Å²) in [5, 5.41) is 7.13. The van der Waals surface area contributed by atoms with E-state index in [1.54, 1.807) is 14.2 Å². The second-order valence-electron chi connectivity index (χ2n) is 5.04. The molecular formula is C18H22N2O2S. The predicted octanol–water partition coefficient (Wildman–Crippen LogP) is 4.14. The lowest BCUT2D eigenvalue weighted by molar-refractivity contribution is 0.354. The lowest BCUT2D eigenvalue weighted by Crippen LogP contribution is -2.32. The van der Waals surface area contributed by atoms with Crippen LogP contribution in [0.1, 0.15) is 24.9 Å². The Kier molecular flexibility index (Phi) is 6.23. The van der Waals surface area contributed by atoms with Gasteiger partial charge in [-0.05, 0) is 48.5 Å². The Balaban J connectivity index is 2.09. The number of nitrogens with one attached hydrogen (secondary N) is 2. The van der Waals surface area contributed by atoms with Crippen molar-refractivity contribution < 1.29 is 9.47 Å². The van der Waals surface area contributed by atoms with Crippen LogP contribution in [0.2, 0.25) is 0 Å². The normalized spacial score (nSPS) is 11.4. The molecular weight excluding hydrogens is 308 g/mol. The fourth-order valence-electron chi connectivity index (χ4n) is 2.34. The molecule has 0 saturated carbocycles. The summed E-state index contributed by atoms with van der Waals surface area (Å²) >= 11 is 5.41. The van der Waals surface area contributed by atoms with Crippen LogP contribution in [-0.2, 0) is 0 Å². The Morgan fingerprint density at radius 3 is 2.35 bits per heavy atom. The number of rotatable bonds is 6. The highest BCUT2D eigenvalue weighted by Gasteiger charge is 2.14. The van der Waals surface area contributed by atoms with Gasteiger partial charge >= 0.3 is 0 Å².